The van der Waals surface area contributed by atoms with E-state index in [0.29, 0.717) is 24.6 Å². The number of amides is 2. The Morgan fingerprint density at radius 1 is 1.08 bits per heavy atom. The first kappa shape index (κ1) is 27.7. The Bertz CT molecular complexity index is 1140. The van der Waals surface area contributed by atoms with Crippen LogP contribution < -0.4 is 11.1 Å². The van der Waals surface area contributed by atoms with Gasteiger partial charge < -0.3 is 20.5 Å². The van der Waals surface area contributed by atoms with Gasteiger partial charge in [-0.15, -0.1) is 0 Å². The van der Waals surface area contributed by atoms with Crippen LogP contribution in [0.3, 0.4) is 0 Å². The molecule has 0 saturated carbocycles. The summed E-state index contributed by atoms with van der Waals surface area (Å²) in [6.45, 7) is 10.5. The quantitative estimate of drug-likeness (QED) is 0.366. The summed E-state index contributed by atoms with van der Waals surface area (Å²) in [5.41, 5.74) is 8.96. The van der Waals surface area contributed by atoms with E-state index < -0.39 is 6.23 Å². The number of ether oxygens (including phenoxy) is 2. The maximum Gasteiger partial charge on any atom is 0.320 e. The van der Waals surface area contributed by atoms with Crippen LogP contribution in [0, 0.1) is 5.92 Å². The van der Waals surface area contributed by atoms with Crippen molar-refractivity contribution in [2.45, 2.75) is 52.1 Å². The highest BCUT2D eigenvalue weighted by molar-refractivity contribution is 5.77. The summed E-state index contributed by atoms with van der Waals surface area (Å²) in [5.74, 6) is 0.928. The van der Waals surface area contributed by atoms with E-state index >= 15 is 0 Å². The number of nitrogen functional groups attached to an aromatic ring is 1. The van der Waals surface area contributed by atoms with E-state index in [0.717, 1.165) is 16.7 Å². The molecule has 0 spiro atoms. The molecule has 3 N–H and O–H groups in total. The predicted octanol–water partition coefficient (Wildman–Crippen LogP) is 5.71. The number of rotatable bonds is 9. The number of nitrogens with zero attached hydrogens (tertiary/aromatic N) is 2. The third-order valence-electron chi connectivity index (χ3n) is 6.38. The number of likely N-dealkylation sites (tertiary alicyclic amines) is 1. The molecule has 1 aliphatic rings. The number of hydrogen-bond donors (Lipinski definition) is 2. The molecule has 2 amide bonds. The van der Waals surface area contributed by atoms with Gasteiger partial charge in [-0.2, -0.15) is 0 Å². The van der Waals surface area contributed by atoms with Crippen molar-refractivity contribution in [2.24, 2.45) is 5.92 Å². The number of urea groups is 1. The van der Waals surface area contributed by atoms with Crippen LogP contribution in [0.5, 0.6) is 0 Å². The minimum atomic E-state index is -0.436. The Kier molecular flexibility index (Phi) is 10.1. The molecule has 37 heavy (non-hydrogen) atoms. The summed E-state index contributed by atoms with van der Waals surface area (Å²) in [4.78, 5) is 19.2. The number of aromatic nitrogens is 1. The van der Waals surface area contributed by atoms with Crippen molar-refractivity contribution < 1.29 is 14.3 Å². The lowest BCUT2D eigenvalue weighted by atomic mass is 9.80. The normalized spacial score (nSPS) is 19.0. The Balaban J connectivity index is 0.00000186. The number of carbonyl (C=O) groups excluding carboxylic acids is 1. The second-order valence-electron chi connectivity index (χ2n) is 8.76. The van der Waals surface area contributed by atoms with Gasteiger partial charge in [0.15, 0.2) is 0 Å². The van der Waals surface area contributed by atoms with Crippen molar-refractivity contribution in [3.05, 3.63) is 108 Å². The van der Waals surface area contributed by atoms with Gasteiger partial charge in [-0.25, -0.2) is 9.78 Å². The molecule has 1 aliphatic heterocycles. The zero-order valence-corrected chi connectivity index (χ0v) is 22.1. The Hall–Kier alpha value is -3.84. The largest absolute Gasteiger partial charge is 0.492 e. The highest BCUT2D eigenvalue weighted by atomic mass is 16.5. The maximum absolute atomic E-state index is 13.4. The average molecular weight is 503 g/mol. The summed E-state index contributed by atoms with van der Waals surface area (Å²) in [7, 11) is 1.61. The van der Waals surface area contributed by atoms with Crippen LogP contribution in [0.25, 0.3) is 0 Å². The first-order valence-electron chi connectivity index (χ1n) is 12.7. The smallest absolute Gasteiger partial charge is 0.320 e. The number of methoxy groups -OCH3 is 1. The van der Waals surface area contributed by atoms with Crippen molar-refractivity contribution in [3.8, 4) is 0 Å². The van der Waals surface area contributed by atoms with Crippen LogP contribution in [0.1, 0.15) is 43.5 Å². The standard InChI is InChI=1S/C28H32N4O3.C2H6/c1-19(23-12-8-5-9-13-23)31-28(33)32-26(20(2)35-18-21-10-6-4-7-11-21)24(27(32)34-3)16-22-14-15-30-25(29)17-22;1-2/h4-15,17,19,24,26-27H,2,16,18H2,1,3H3,(H2,29,30)(H,31,33);1-2H3/t19?,24-,26?,27?;/m1./s1. The number of carbonyl (C=O) groups is 1. The molecule has 0 bridgehead atoms. The van der Waals surface area contributed by atoms with Crippen LogP contribution in [0.15, 0.2) is 91.3 Å². The lowest BCUT2D eigenvalue weighted by Gasteiger charge is -2.54. The molecule has 2 heterocycles. The van der Waals surface area contributed by atoms with Gasteiger partial charge in [-0.3, -0.25) is 4.90 Å². The molecule has 4 rings (SSSR count). The highest BCUT2D eigenvalue weighted by Gasteiger charge is 2.53. The SMILES string of the molecule is C=C(OCc1ccccc1)C1[C@@H](Cc2ccnc(N)c2)C(OC)N1C(=O)NC(C)c1ccccc1.CC. The maximum atomic E-state index is 13.4. The average Bonchev–Trinajstić information content (AvgIpc) is 2.92. The van der Waals surface area contributed by atoms with Gasteiger partial charge in [0.25, 0.3) is 0 Å². The number of pyridine rings is 1. The minimum absolute atomic E-state index is 0.0529. The molecule has 3 aromatic rings. The van der Waals surface area contributed by atoms with E-state index in [1.807, 2.05) is 93.6 Å². The number of benzene rings is 2. The molecule has 3 unspecified atom stereocenters. The van der Waals surface area contributed by atoms with Crippen molar-refractivity contribution in [2.75, 3.05) is 12.8 Å². The topological polar surface area (TPSA) is 89.7 Å². The monoisotopic (exact) mass is 502 g/mol. The van der Waals surface area contributed by atoms with Crippen molar-refractivity contribution in [1.82, 2.24) is 15.2 Å². The molecule has 1 aromatic heterocycles. The van der Waals surface area contributed by atoms with E-state index in [-0.39, 0.29) is 24.0 Å². The summed E-state index contributed by atoms with van der Waals surface area (Å²) in [6.07, 6.45) is 1.89. The molecular weight excluding hydrogens is 464 g/mol. The summed E-state index contributed by atoms with van der Waals surface area (Å²) < 4.78 is 11.9. The van der Waals surface area contributed by atoms with Gasteiger partial charge in [-0.05, 0) is 42.2 Å². The lowest BCUT2D eigenvalue weighted by Crippen LogP contribution is -2.69. The number of hydrogen-bond acceptors (Lipinski definition) is 5. The first-order chi connectivity index (χ1) is 18.0. The molecule has 1 saturated heterocycles. The molecule has 0 aliphatic carbocycles. The van der Waals surface area contributed by atoms with E-state index in [9.17, 15) is 4.79 Å². The highest BCUT2D eigenvalue weighted by Crippen LogP contribution is 2.40. The van der Waals surface area contributed by atoms with Gasteiger partial charge in [0.2, 0.25) is 0 Å². The van der Waals surface area contributed by atoms with Crippen molar-refractivity contribution in [1.29, 1.82) is 0 Å². The van der Waals surface area contributed by atoms with Crippen molar-refractivity contribution in [3.63, 3.8) is 0 Å². The number of nitrogens with two attached hydrogens (primary N) is 1. The fourth-order valence-corrected chi connectivity index (χ4v) is 4.58. The van der Waals surface area contributed by atoms with Crippen LogP contribution in [0.4, 0.5) is 10.6 Å². The summed E-state index contributed by atoms with van der Waals surface area (Å²) >= 11 is 0. The molecule has 7 nitrogen and oxygen atoms in total. The lowest BCUT2D eigenvalue weighted by molar-refractivity contribution is -0.162. The van der Waals surface area contributed by atoms with Gasteiger partial charge in [0.05, 0.1) is 6.04 Å². The van der Waals surface area contributed by atoms with Crippen LogP contribution >= 0.6 is 0 Å². The van der Waals surface area contributed by atoms with E-state index in [1.54, 1.807) is 18.2 Å². The van der Waals surface area contributed by atoms with E-state index in [2.05, 4.69) is 16.9 Å². The molecular formula is C30H38N4O3. The number of anilines is 1. The van der Waals surface area contributed by atoms with Gasteiger partial charge in [0.1, 0.15) is 30.5 Å². The Morgan fingerprint density at radius 2 is 1.73 bits per heavy atom. The van der Waals surface area contributed by atoms with Gasteiger partial charge >= 0.3 is 6.03 Å². The summed E-state index contributed by atoms with van der Waals surface area (Å²) in [6, 6.07) is 22.7. The Labute approximate surface area is 220 Å². The fraction of sp³-hybridized carbons (Fsp3) is 0.333. The van der Waals surface area contributed by atoms with Gasteiger partial charge in [0, 0.05) is 19.2 Å². The minimum Gasteiger partial charge on any atom is -0.492 e. The zero-order valence-electron chi connectivity index (χ0n) is 22.1. The molecule has 4 atom stereocenters. The fourth-order valence-electron chi connectivity index (χ4n) is 4.58. The predicted molar refractivity (Wildman–Crippen MR) is 147 cm³/mol. The first-order valence-corrected chi connectivity index (χ1v) is 12.7. The molecule has 0 radical (unpaired) electrons. The van der Waals surface area contributed by atoms with Crippen LogP contribution in [-0.4, -0.2) is 35.3 Å². The molecule has 196 valence electrons. The molecule has 2 aromatic carbocycles. The number of nitrogens with one attached hydrogen (secondary N) is 1. The third kappa shape index (κ3) is 6.89. The molecule has 7 heteroatoms. The summed E-state index contributed by atoms with van der Waals surface area (Å²) in [5, 5.41) is 3.09. The van der Waals surface area contributed by atoms with Crippen LogP contribution in [-0.2, 0) is 22.5 Å². The van der Waals surface area contributed by atoms with Crippen molar-refractivity contribution >= 4 is 11.8 Å². The zero-order chi connectivity index (χ0) is 26.8. The van der Waals surface area contributed by atoms with E-state index in [4.69, 9.17) is 15.2 Å². The molecule has 1 fully saturated rings. The third-order valence-corrected chi connectivity index (χ3v) is 6.38. The Morgan fingerprint density at radius 3 is 2.35 bits per heavy atom. The second-order valence-corrected chi connectivity index (χ2v) is 8.76. The second kappa shape index (κ2) is 13.5. The van der Waals surface area contributed by atoms with E-state index in [1.165, 1.54) is 0 Å². The van der Waals surface area contributed by atoms with Gasteiger partial charge in [-0.1, -0.05) is 81.1 Å². The van der Waals surface area contributed by atoms with Crippen LogP contribution in [0.2, 0.25) is 0 Å².